The number of nitrogens with zero attached hydrogens (tertiary/aromatic N) is 1. The fraction of sp³-hybridized carbons (Fsp3) is 1.00. The number of hydrogen-bond acceptors (Lipinski definition) is 4. The molecule has 0 radical (unpaired) electrons. The van der Waals surface area contributed by atoms with Gasteiger partial charge in [-0.25, -0.2) is 0 Å². The summed E-state index contributed by atoms with van der Waals surface area (Å²) in [5.41, 5.74) is -0.585. The lowest BCUT2D eigenvalue weighted by molar-refractivity contribution is -0.138. The first kappa shape index (κ1) is 16.4. The fourth-order valence-corrected chi connectivity index (χ4v) is 4.01. The number of likely N-dealkylation sites (tertiary alicyclic amines) is 1. The van der Waals surface area contributed by atoms with Crippen LogP contribution < -0.4 is 5.32 Å². The number of thioether (sulfide) groups is 1. The van der Waals surface area contributed by atoms with Gasteiger partial charge in [-0.05, 0) is 38.1 Å². The molecule has 2 fully saturated rings. The van der Waals surface area contributed by atoms with Crippen molar-refractivity contribution < 1.29 is 18.3 Å². The van der Waals surface area contributed by atoms with Gasteiger partial charge >= 0.3 is 6.18 Å². The minimum Gasteiger partial charge on any atom is -0.388 e. The average Bonchev–Trinajstić information content (AvgIpc) is 2.82. The van der Waals surface area contributed by atoms with Crippen LogP contribution in [0.15, 0.2) is 0 Å². The molecule has 0 spiro atoms. The van der Waals surface area contributed by atoms with Crippen molar-refractivity contribution in [2.75, 3.05) is 37.7 Å². The van der Waals surface area contributed by atoms with E-state index in [2.05, 4.69) is 5.32 Å². The molecule has 2 aliphatic rings. The molecular weight excluding hydrogens is 289 g/mol. The lowest BCUT2D eigenvalue weighted by atomic mass is 10.0. The predicted molar refractivity (Wildman–Crippen MR) is 75.0 cm³/mol. The van der Waals surface area contributed by atoms with Crippen molar-refractivity contribution in [3.05, 3.63) is 0 Å². The summed E-state index contributed by atoms with van der Waals surface area (Å²) >= 11 is 1.77. The highest BCUT2D eigenvalue weighted by atomic mass is 32.2. The van der Waals surface area contributed by atoms with Gasteiger partial charge in [0.1, 0.15) is 0 Å². The Kier molecular flexibility index (Phi) is 5.62. The van der Waals surface area contributed by atoms with E-state index in [9.17, 15) is 18.3 Å². The normalized spacial score (nSPS) is 30.0. The third-order valence-electron chi connectivity index (χ3n) is 4.10. The second kappa shape index (κ2) is 6.85. The highest BCUT2D eigenvalue weighted by Crippen LogP contribution is 2.27. The molecule has 0 amide bonds. The zero-order valence-corrected chi connectivity index (χ0v) is 12.4. The van der Waals surface area contributed by atoms with E-state index in [4.69, 9.17) is 0 Å². The van der Waals surface area contributed by atoms with Gasteiger partial charge in [-0.3, -0.25) is 0 Å². The molecule has 2 rings (SSSR count). The van der Waals surface area contributed by atoms with Gasteiger partial charge in [-0.2, -0.15) is 24.9 Å². The van der Waals surface area contributed by atoms with Crippen molar-refractivity contribution in [3.63, 3.8) is 0 Å². The van der Waals surface area contributed by atoms with Gasteiger partial charge in [0, 0.05) is 24.9 Å². The molecule has 2 saturated heterocycles. The Bertz CT molecular complexity index is 300. The zero-order valence-electron chi connectivity index (χ0n) is 11.6. The molecule has 20 heavy (non-hydrogen) atoms. The maximum atomic E-state index is 12.2. The maximum absolute atomic E-state index is 12.2. The SMILES string of the molecule is O[C@@]1(CNC2CCN(CCC(F)(F)F)CC2)CCSC1. The molecule has 2 N–H and O–H groups in total. The van der Waals surface area contributed by atoms with Crippen molar-refractivity contribution in [1.82, 2.24) is 10.2 Å². The molecule has 0 aromatic heterocycles. The highest BCUT2D eigenvalue weighted by molar-refractivity contribution is 7.99. The van der Waals surface area contributed by atoms with Crippen molar-refractivity contribution in [2.24, 2.45) is 0 Å². The Hall–Kier alpha value is 0.0200. The Morgan fingerprint density at radius 1 is 1.30 bits per heavy atom. The van der Waals surface area contributed by atoms with Crippen molar-refractivity contribution in [2.45, 2.75) is 43.5 Å². The zero-order chi connectivity index (χ0) is 14.6. The molecule has 0 saturated carbocycles. The van der Waals surface area contributed by atoms with Gasteiger partial charge in [0.2, 0.25) is 0 Å². The molecule has 7 heteroatoms. The highest BCUT2D eigenvalue weighted by Gasteiger charge is 2.33. The first-order valence-corrected chi connectivity index (χ1v) is 8.34. The van der Waals surface area contributed by atoms with Gasteiger partial charge in [0.25, 0.3) is 0 Å². The van der Waals surface area contributed by atoms with Crippen LogP contribution in [-0.4, -0.2) is 65.5 Å². The van der Waals surface area contributed by atoms with E-state index in [1.54, 1.807) is 11.8 Å². The number of rotatable bonds is 5. The summed E-state index contributed by atoms with van der Waals surface area (Å²) in [7, 11) is 0. The van der Waals surface area contributed by atoms with Crippen molar-refractivity contribution in [3.8, 4) is 0 Å². The van der Waals surface area contributed by atoms with E-state index in [1.165, 1.54) is 0 Å². The number of alkyl halides is 3. The standard InChI is InChI=1S/C13H23F3N2OS/c14-13(15,16)3-7-18-5-1-11(2-6-18)17-9-12(19)4-8-20-10-12/h11,17,19H,1-10H2/t12-/m1/s1. The molecule has 0 bridgehead atoms. The van der Waals surface area contributed by atoms with Crippen LogP contribution >= 0.6 is 11.8 Å². The lowest BCUT2D eigenvalue weighted by Crippen LogP contribution is -2.49. The second-order valence-electron chi connectivity index (χ2n) is 5.89. The summed E-state index contributed by atoms with van der Waals surface area (Å²) in [6, 6.07) is 0.326. The Morgan fingerprint density at radius 2 is 2.00 bits per heavy atom. The van der Waals surface area contributed by atoms with Crippen molar-refractivity contribution in [1.29, 1.82) is 0 Å². The number of nitrogens with one attached hydrogen (secondary N) is 1. The van der Waals surface area contributed by atoms with Gasteiger partial charge in [-0.1, -0.05) is 0 Å². The van der Waals surface area contributed by atoms with E-state index >= 15 is 0 Å². The number of piperidine rings is 1. The Labute approximate surface area is 122 Å². The van der Waals surface area contributed by atoms with Gasteiger partial charge in [0.15, 0.2) is 0 Å². The molecule has 1 atom stereocenters. The molecule has 118 valence electrons. The monoisotopic (exact) mass is 312 g/mol. The predicted octanol–water partition coefficient (Wildman–Crippen LogP) is 1.86. The van der Waals surface area contributed by atoms with Crippen LogP contribution in [0.3, 0.4) is 0 Å². The summed E-state index contributed by atoms with van der Waals surface area (Å²) in [5.74, 6) is 1.79. The Morgan fingerprint density at radius 3 is 2.55 bits per heavy atom. The van der Waals surface area contributed by atoms with Gasteiger partial charge in [-0.15, -0.1) is 0 Å². The molecular formula is C13H23F3N2OS. The van der Waals surface area contributed by atoms with E-state index < -0.39 is 18.2 Å². The van der Waals surface area contributed by atoms with E-state index in [-0.39, 0.29) is 6.54 Å². The molecule has 0 aliphatic carbocycles. The minimum absolute atomic E-state index is 0.108. The van der Waals surface area contributed by atoms with Crippen LogP contribution in [0.25, 0.3) is 0 Å². The lowest BCUT2D eigenvalue weighted by Gasteiger charge is -2.34. The minimum atomic E-state index is -4.06. The van der Waals surface area contributed by atoms with Gasteiger partial charge in [0.05, 0.1) is 12.0 Å². The van der Waals surface area contributed by atoms with Gasteiger partial charge < -0.3 is 15.3 Å². The molecule has 2 aliphatic heterocycles. The smallest absolute Gasteiger partial charge is 0.388 e. The summed E-state index contributed by atoms with van der Waals surface area (Å²) < 4.78 is 36.5. The van der Waals surface area contributed by atoms with Crippen LogP contribution in [-0.2, 0) is 0 Å². The molecule has 0 unspecified atom stereocenters. The first-order valence-electron chi connectivity index (χ1n) is 7.19. The molecule has 2 heterocycles. The third-order valence-corrected chi connectivity index (χ3v) is 5.34. The van der Waals surface area contributed by atoms with Crippen LogP contribution in [0.5, 0.6) is 0 Å². The van der Waals surface area contributed by atoms with Crippen LogP contribution in [0.4, 0.5) is 13.2 Å². The van der Waals surface area contributed by atoms with Crippen molar-refractivity contribution >= 4 is 11.8 Å². The van der Waals surface area contributed by atoms with E-state index in [0.717, 1.165) is 30.8 Å². The Balaban J connectivity index is 1.62. The fourth-order valence-electron chi connectivity index (χ4n) is 2.72. The molecule has 0 aromatic carbocycles. The summed E-state index contributed by atoms with van der Waals surface area (Å²) in [4.78, 5) is 1.88. The van der Waals surface area contributed by atoms with Crippen LogP contribution in [0.2, 0.25) is 0 Å². The molecule has 3 nitrogen and oxygen atoms in total. The summed E-state index contributed by atoms with van der Waals surface area (Å²) in [5, 5.41) is 13.6. The average molecular weight is 312 g/mol. The first-order chi connectivity index (χ1) is 9.36. The van der Waals surface area contributed by atoms with E-state index in [1.807, 2.05) is 4.90 Å². The summed E-state index contributed by atoms with van der Waals surface area (Å²) in [6.45, 7) is 2.13. The summed E-state index contributed by atoms with van der Waals surface area (Å²) in [6.07, 6.45) is -2.22. The number of hydrogen-bond donors (Lipinski definition) is 2. The van der Waals surface area contributed by atoms with E-state index in [0.29, 0.717) is 25.7 Å². The van der Waals surface area contributed by atoms with Crippen LogP contribution in [0, 0.1) is 0 Å². The largest absolute Gasteiger partial charge is 0.390 e. The topological polar surface area (TPSA) is 35.5 Å². The maximum Gasteiger partial charge on any atom is 0.390 e. The molecule has 0 aromatic rings. The van der Waals surface area contributed by atoms with Crippen LogP contribution in [0.1, 0.15) is 25.7 Å². The second-order valence-corrected chi connectivity index (χ2v) is 6.99. The quantitative estimate of drug-likeness (QED) is 0.812. The number of halogens is 3. The number of aliphatic hydroxyl groups is 1. The third kappa shape index (κ3) is 5.42.